The third-order valence-corrected chi connectivity index (χ3v) is 3.85. The van der Waals surface area contributed by atoms with Crippen molar-refractivity contribution in [2.75, 3.05) is 26.9 Å². The highest BCUT2D eigenvalue weighted by Crippen LogP contribution is 2.19. The zero-order valence-corrected chi connectivity index (χ0v) is 13.1. The number of aliphatic hydroxyl groups excluding tert-OH is 2. The lowest BCUT2D eigenvalue weighted by Crippen LogP contribution is -2.50. The molecule has 0 bridgehead atoms. The summed E-state index contributed by atoms with van der Waals surface area (Å²) in [6.45, 7) is 4.67. The SMILES string of the molecule is CCC(CC)(CO)NCC(O)COc1cccc(OC)c1. The summed E-state index contributed by atoms with van der Waals surface area (Å²) in [5.74, 6) is 1.38. The van der Waals surface area contributed by atoms with Crippen molar-refractivity contribution in [2.45, 2.75) is 38.3 Å². The lowest BCUT2D eigenvalue weighted by atomic mass is 9.94. The normalized spacial score (nSPS) is 13.0. The van der Waals surface area contributed by atoms with Crippen molar-refractivity contribution in [3.05, 3.63) is 24.3 Å². The second kappa shape index (κ2) is 8.87. The standard InChI is InChI=1S/C16H27NO4/c1-4-16(5-2,12-18)17-10-13(19)11-21-15-8-6-7-14(9-15)20-3/h6-9,13,17-19H,4-5,10-12H2,1-3H3. The second-order valence-electron chi connectivity index (χ2n) is 5.17. The number of β-amino-alcohol motifs (C(OH)–C–C–N with tert-alkyl or cyclic N) is 1. The van der Waals surface area contributed by atoms with E-state index in [1.165, 1.54) is 0 Å². The molecule has 0 aliphatic rings. The zero-order chi connectivity index (χ0) is 15.7. The highest BCUT2D eigenvalue weighted by molar-refractivity contribution is 5.32. The Morgan fingerprint density at radius 1 is 1.24 bits per heavy atom. The van der Waals surface area contributed by atoms with Crippen LogP contribution >= 0.6 is 0 Å². The topological polar surface area (TPSA) is 71.0 Å². The minimum atomic E-state index is -0.639. The van der Waals surface area contributed by atoms with E-state index in [-0.39, 0.29) is 18.8 Å². The third kappa shape index (κ3) is 5.53. The van der Waals surface area contributed by atoms with E-state index in [2.05, 4.69) is 5.32 Å². The number of hydrogen-bond donors (Lipinski definition) is 3. The fourth-order valence-corrected chi connectivity index (χ4v) is 2.06. The Hall–Kier alpha value is -1.30. The molecule has 0 aliphatic heterocycles. The number of hydrogen-bond acceptors (Lipinski definition) is 5. The van der Waals surface area contributed by atoms with Crippen LogP contribution in [0.4, 0.5) is 0 Å². The van der Waals surface area contributed by atoms with Gasteiger partial charge in [-0.1, -0.05) is 19.9 Å². The molecule has 1 rings (SSSR count). The highest BCUT2D eigenvalue weighted by atomic mass is 16.5. The monoisotopic (exact) mass is 297 g/mol. The molecule has 1 aromatic carbocycles. The number of benzene rings is 1. The van der Waals surface area contributed by atoms with Gasteiger partial charge in [0.25, 0.3) is 0 Å². The molecule has 0 saturated heterocycles. The summed E-state index contributed by atoms with van der Waals surface area (Å²) in [5.41, 5.74) is -0.322. The molecular formula is C16H27NO4. The van der Waals surface area contributed by atoms with Crippen LogP contribution in [0.5, 0.6) is 11.5 Å². The molecule has 1 aromatic rings. The first-order valence-electron chi connectivity index (χ1n) is 7.40. The van der Waals surface area contributed by atoms with Crippen LogP contribution in [-0.4, -0.2) is 48.7 Å². The van der Waals surface area contributed by atoms with Gasteiger partial charge in [0.2, 0.25) is 0 Å². The number of aliphatic hydroxyl groups is 2. The zero-order valence-electron chi connectivity index (χ0n) is 13.1. The molecular weight excluding hydrogens is 270 g/mol. The van der Waals surface area contributed by atoms with E-state index < -0.39 is 6.10 Å². The quantitative estimate of drug-likeness (QED) is 0.611. The Balaban J connectivity index is 2.41. The number of rotatable bonds is 10. The first-order valence-corrected chi connectivity index (χ1v) is 7.40. The summed E-state index contributed by atoms with van der Waals surface area (Å²) in [4.78, 5) is 0. The Morgan fingerprint density at radius 3 is 2.48 bits per heavy atom. The van der Waals surface area contributed by atoms with E-state index in [0.29, 0.717) is 12.3 Å². The maximum absolute atomic E-state index is 9.99. The van der Waals surface area contributed by atoms with E-state index in [0.717, 1.165) is 18.6 Å². The van der Waals surface area contributed by atoms with Crippen molar-refractivity contribution >= 4 is 0 Å². The van der Waals surface area contributed by atoms with Crippen molar-refractivity contribution in [1.29, 1.82) is 0 Å². The molecule has 0 radical (unpaired) electrons. The summed E-state index contributed by atoms with van der Waals surface area (Å²) in [6, 6.07) is 7.27. The van der Waals surface area contributed by atoms with Crippen molar-refractivity contribution in [3.8, 4) is 11.5 Å². The van der Waals surface area contributed by atoms with Gasteiger partial charge >= 0.3 is 0 Å². The van der Waals surface area contributed by atoms with Crippen molar-refractivity contribution < 1.29 is 19.7 Å². The van der Waals surface area contributed by atoms with Gasteiger partial charge in [0.1, 0.15) is 24.2 Å². The lowest BCUT2D eigenvalue weighted by molar-refractivity contribution is 0.0812. The first kappa shape index (κ1) is 17.8. The van der Waals surface area contributed by atoms with E-state index in [1.54, 1.807) is 13.2 Å². The minimum absolute atomic E-state index is 0.0590. The van der Waals surface area contributed by atoms with Gasteiger partial charge in [-0.2, -0.15) is 0 Å². The average Bonchev–Trinajstić information content (AvgIpc) is 2.55. The van der Waals surface area contributed by atoms with Crippen molar-refractivity contribution in [3.63, 3.8) is 0 Å². The average molecular weight is 297 g/mol. The van der Waals surface area contributed by atoms with Crippen LogP contribution < -0.4 is 14.8 Å². The highest BCUT2D eigenvalue weighted by Gasteiger charge is 2.25. The predicted octanol–water partition coefficient (Wildman–Crippen LogP) is 1.58. The fraction of sp³-hybridized carbons (Fsp3) is 0.625. The molecule has 1 atom stereocenters. The first-order chi connectivity index (χ1) is 10.1. The van der Waals surface area contributed by atoms with Crippen LogP contribution in [0.15, 0.2) is 24.3 Å². The maximum atomic E-state index is 9.99. The maximum Gasteiger partial charge on any atom is 0.123 e. The summed E-state index contributed by atoms with van der Waals surface area (Å²) in [7, 11) is 1.60. The number of methoxy groups -OCH3 is 1. The molecule has 0 aliphatic carbocycles. The van der Waals surface area contributed by atoms with Crippen LogP contribution in [0.2, 0.25) is 0 Å². The summed E-state index contributed by atoms with van der Waals surface area (Å²) >= 11 is 0. The molecule has 5 nitrogen and oxygen atoms in total. The van der Waals surface area contributed by atoms with E-state index >= 15 is 0 Å². The third-order valence-electron chi connectivity index (χ3n) is 3.85. The van der Waals surface area contributed by atoms with Gasteiger partial charge in [-0.05, 0) is 25.0 Å². The number of nitrogens with one attached hydrogen (secondary N) is 1. The molecule has 0 amide bonds. The molecule has 0 fully saturated rings. The predicted molar refractivity (Wildman–Crippen MR) is 82.9 cm³/mol. The van der Waals surface area contributed by atoms with Crippen LogP contribution in [-0.2, 0) is 0 Å². The lowest BCUT2D eigenvalue weighted by Gasteiger charge is -2.32. The van der Waals surface area contributed by atoms with Crippen LogP contribution in [0.25, 0.3) is 0 Å². The van der Waals surface area contributed by atoms with Gasteiger partial charge in [0.05, 0.1) is 13.7 Å². The van der Waals surface area contributed by atoms with Crippen LogP contribution in [0, 0.1) is 0 Å². The molecule has 0 heterocycles. The largest absolute Gasteiger partial charge is 0.497 e. The molecule has 1 unspecified atom stereocenters. The van der Waals surface area contributed by atoms with Gasteiger partial charge in [0, 0.05) is 18.2 Å². The molecule has 5 heteroatoms. The molecule has 3 N–H and O–H groups in total. The van der Waals surface area contributed by atoms with Crippen LogP contribution in [0.1, 0.15) is 26.7 Å². The molecule has 21 heavy (non-hydrogen) atoms. The summed E-state index contributed by atoms with van der Waals surface area (Å²) in [5, 5.41) is 22.7. The van der Waals surface area contributed by atoms with E-state index in [1.807, 2.05) is 32.0 Å². The van der Waals surface area contributed by atoms with Gasteiger partial charge in [0.15, 0.2) is 0 Å². The van der Waals surface area contributed by atoms with Gasteiger partial charge in [-0.25, -0.2) is 0 Å². The summed E-state index contributed by atoms with van der Waals surface area (Å²) in [6.07, 6.45) is 0.979. The van der Waals surface area contributed by atoms with E-state index in [4.69, 9.17) is 9.47 Å². The Kier molecular flexibility index (Phi) is 7.50. The molecule has 120 valence electrons. The number of ether oxygens (including phenoxy) is 2. The van der Waals surface area contributed by atoms with Gasteiger partial charge < -0.3 is 25.0 Å². The fourth-order valence-electron chi connectivity index (χ4n) is 2.06. The van der Waals surface area contributed by atoms with Gasteiger partial charge in [-0.3, -0.25) is 0 Å². The van der Waals surface area contributed by atoms with Gasteiger partial charge in [-0.15, -0.1) is 0 Å². The van der Waals surface area contributed by atoms with Crippen molar-refractivity contribution in [1.82, 2.24) is 5.32 Å². The molecule has 0 aromatic heterocycles. The second-order valence-corrected chi connectivity index (χ2v) is 5.17. The Morgan fingerprint density at radius 2 is 1.90 bits per heavy atom. The minimum Gasteiger partial charge on any atom is -0.497 e. The van der Waals surface area contributed by atoms with Crippen molar-refractivity contribution in [2.24, 2.45) is 0 Å². The smallest absolute Gasteiger partial charge is 0.123 e. The van der Waals surface area contributed by atoms with E-state index in [9.17, 15) is 10.2 Å². The Bertz CT molecular complexity index is 399. The Labute approximate surface area is 126 Å². The molecule has 0 saturated carbocycles. The summed E-state index contributed by atoms with van der Waals surface area (Å²) < 4.78 is 10.7. The van der Waals surface area contributed by atoms with Crippen LogP contribution in [0.3, 0.4) is 0 Å². The molecule has 0 spiro atoms.